The van der Waals surface area contributed by atoms with Crippen molar-refractivity contribution in [2.24, 2.45) is 0 Å². The van der Waals surface area contributed by atoms with E-state index >= 15 is 0 Å². The number of hydrogen-bond donors (Lipinski definition) is 1. The Balaban J connectivity index is 2.51. The second kappa shape index (κ2) is 3.94. The Labute approximate surface area is 95.5 Å². The quantitative estimate of drug-likeness (QED) is 0.882. The third-order valence-electron chi connectivity index (χ3n) is 2.25. The van der Waals surface area contributed by atoms with E-state index < -0.39 is 5.97 Å². The van der Waals surface area contributed by atoms with Gasteiger partial charge < -0.3 is 5.11 Å². The second-order valence-corrected chi connectivity index (χ2v) is 4.38. The minimum absolute atomic E-state index is 0.307. The molecule has 6 heteroatoms. The SMILES string of the molecule is Cc1nn(CCC#N)c2sc(C(=O)O)cc12. The summed E-state index contributed by atoms with van der Waals surface area (Å²) in [6, 6.07) is 3.68. The van der Waals surface area contributed by atoms with E-state index in [0.717, 1.165) is 15.9 Å². The molecule has 2 rings (SSSR count). The van der Waals surface area contributed by atoms with Crippen molar-refractivity contribution < 1.29 is 9.90 Å². The topological polar surface area (TPSA) is 78.9 Å². The highest BCUT2D eigenvalue weighted by Crippen LogP contribution is 2.28. The van der Waals surface area contributed by atoms with Crippen LogP contribution in [0.3, 0.4) is 0 Å². The predicted molar refractivity (Wildman–Crippen MR) is 59.5 cm³/mol. The van der Waals surface area contributed by atoms with Crippen molar-refractivity contribution in [3.63, 3.8) is 0 Å². The number of nitriles is 1. The number of aromatic nitrogens is 2. The van der Waals surface area contributed by atoms with Crippen molar-refractivity contribution in [1.82, 2.24) is 9.78 Å². The van der Waals surface area contributed by atoms with Gasteiger partial charge in [0.25, 0.3) is 0 Å². The number of hydrogen-bond acceptors (Lipinski definition) is 4. The van der Waals surface area contributed by atoms with Gasteiger partial charge in [-0.1, -0.05) is 0 Å². The first kappa shape index (κ1) is 10.6. The van der Waals surface area contributed by atoms with Crippen LogP contribution < -0.4 is 0 Å². The highest BCUT2D eigenvalue weighted by Gasteiger charge is 2.14. The Hall–Kier alpha value is -1.87. The van der Waals surface area contributed by atoms with E-state index in [1.54, 1.807) is 10.7 Å². The first-order chi connectivity index (χ1) is 7.63. The van der Waals surface area contributed by atoms with Gasteiger partial charge in [-0.3, -0.25) is 4.68 Å². The fourth-order valence-electron chi connectivity index (χ4n) is 1.53. The summed E-state index contributed by atoms with van der Waals surface area (Å²) in [5.41, 5.74) is 0.802. The number of carboxylic acid groups (broad SMARTS) is 1. The molecule has 0 aliphatic rings. The van der Waals surface area contributed by atoms with Crippen LogP contribution in [0.4, 0.5) is 0 Å². The molecule has 82 valence electrons. The number of aromatic carboxylic acids is 1. The minimum Gasteiger partial charge on any atom is -0.477 e. The van der Waals surface area contributed by atoms with Crippen LogP contribution in [0.25, 0.3) is 10.2 Å². The second-order valence-electron chi connectivity index (χ2n) is 3.35. The molecular weight excluding hydrogens is 226 g/mol. The summed E-state index contributed by atoms with van der Waals surface area (Å²) in [6.07, 6.45) is 0.372. The smallest absolute Gasteiger partial charge is 0.345 e. The molecule has 0 aliphatic carbocycles. The average molecular weight is 235 g/mol. The van der Waals surface area contributed by atoms with Crippen LogP contribution in [-0.2, 0) is 6.54 Å². The van der Waals surface area contributed by atoms with Crippen LogP contribution in [0.2, 0.25) is 0 Å². The van der Waals surface area contributed by atoms with E-state index in [-0.39, 0.29) is 0 Å². The first-order valence-corrected chi connectivity index (χ1v) is 5.52. The fourth-order valence-corrected chi connectivity index (χ4v) is 2.55. The largest absolute Gasteiger partial charge is 0.477 e. The molecular formula is C10H9N3O2S. The fraction of sp³-hybridized carbons (Fsp3) is 0.300. The molecule has 0 aliphatic heterocycles. The molecule has 0 radical (unpaired) electrons. The van der Waals surface area contributed by atoms with Gasteiger partial charge in [0.05, 0.1) is 24.7 Å². The standard InChI is InChI=1S/C10H9N3O2S/c1-6-7-5-8(10(14)15)16-9(7)13(12-6)4-2-3-11/h5H,2,4H2,1H3,(H,14,15). The zero-order chi connectivity index (χ0) is 11.7. The molecule has 0 aromatic carbocycles. The summed E-state index contributed by atoms with van der Waals surface area (Å²) < 4.78 is 1.70. The van der Waals surface area contributed by atoms with Gasteiger partial charge in [-0.15, -0.1) is 11.3 Å². The lowest BCUT2D eigenvalue weighted by atomic mass is 10.3. The Morgan fingerprint density at radius 3 is 3.12 bits per heavy atom. The van der Waals surface area contributed by atoms with Crippen LogP contribution in [0.15, 0.2) is 6.07 Å². The number of carboxylic acids is 1. The van der Waals surface area contributed by atoms with Crippen molar-refractivity contribution in [3.05, 3.63) is 16.6 Å². The van der Waals surface area contributed by atoms with E-state index in [1.165, 1.54) is 11.3 Å². The molecule has 2 aromatic rings. The maximum absolute atomic E-state index is 10.8. The average Bonchev–Trinajstić information content (AvgIpc) is 2.77. The van der Waals surface area contributed by atoms with Crippen molar-refractivity contribution in [2.45, 2.75) is 19.9 Å². The number of thiophene rings is 1. The van der Waals surface area contributed by atoms with Crippen molar-refractivity contribution in [1.29, 1.82) is 5.26 Å². The molecule has 0 amide bonds. The van der Waals surface area contributed by atoms with Crippen molar-refractivity contribution >= 4 is 27.5 Å². The Bertz CT molecular complexity index is 591. The van der Waals surface area contributed by atoms with Crippen LogP contribution in [0.5, 0.6) is 0 Å². The maximum Gasteiger partial charge on any atom is 0.345 e. The third kappa shape index (κ3) is 1.66. The summed E-state index contributed by atoms with van der Waals surface area (Å²) in [6.45, 7) is 2.34. The maximum atomic E-state index is 10.8. The Morgan fingerprint density at radius 1 is 1.75 bits per heavy atom. The van der Waals surface area contributed by atoms with E-state index in [0.29, 0.717) is 17.8 Å². The lowest BCUT2D eigenvalue weighted by molar-refractivity contribution is 0.0702. The molecule has 0 fully saturated rings. The summed E-state index contributed by atoms with van der Waals surface area (Å²) in [7, 11) is 0. The molecule has 0 saturated carbocycles. The highest BCUT2D eigenvalue weighted by atomic mass is 32.1. The zero-order valence-electron chi connectivity index (χ0n) is 8.60. The molecule has 16 heavy (non-hydrogen) atoms. The summed E-state index contributed by atoms with van der Waals surface area (Å²) in [5.74, 6) is -0.924. The predicted octanol–water partition coefficient (Wildman–Crippen LogP) is 2.02. The number of aryl methyl sites for hydroxylation is 2. The van der Waals surface area contributed by atoms with E-state index in [4.69, 9.17) is 10.4 Å². The Kier molecular flexibility index (Phi) is 2.62. The van der Waals surface area contributed by atoms with E-state index in [9.17, 15) is 4.79 Å². The van der Waals surface area contributed by atoms with Gasteiger partial charge in [0.1, 0.15) is 9.71 Å². The normalized spacial score (nSPS) is 10.5. The van der Waals surface area contributed by atoms with Gasteiger partial charge in [0.2, 0.25) is 0 Å². The number of carbonyl (C=O) groups is 1. The molecule has 0 spiro atoms. The minimum atomic E-state index is -0.924. The van der Waals surface area contributed by atoms with Gasteiger partial charge in [0, 0.05) is 5.39 Å². The summed E-state index contributed by atoms with van der Waals surface area (Å²) >= 11 is 1.19. The van der Waals surface area contributed by atoms with Crippen LogP contribution in [0, 0.1) is 18.3 Å². The summed E-state index contributed by atoms with van der Waals surface area (Å²) in [5, 5.41) is 22.5. The Morgan fingerprint density at radius 2 is 2.50 bits per heavy atom. The number of rotatable bonds is 3. The zero-order valence-corrected chi connectivity index (χ0v) is 9.41. The molecule has 2 heterocycles. The lowest BCUT2D eigenvalue weighted by Gasteiger charge is -1.95. The van der Waals surface area contributed by atoms with E-state index in [2.05, 4.69) is 5.10 Å². The van der Waals surface area contributed by atoms with Gasteiger partial charge in [-0.2, -0.15) is 10.4 Å². The van der Waals surface area contributed by atoms with Crippen LogP contribution in [-0.4, -0.2) is 20.9 Å². The van der Waals surface area contributed by atoms with Gasteiger partial charge >= 0.3 is 5.97 Å². The van der Waals surface area contributed by atoms with Gasteiger partial charge in [-0.25, -0.2) is 4.79 Å². The molecule has 5 nitrogen and oxygen atoms in total. The van der Waals surface area contributed by atoms with Crippen molar-refractivity contribution in [2.75, 3.05) is 0 Å². The molecule has 1 N–H and O–H groups in total. The third-order valence-corrected chi connectivity index (χ3v) is 3.39. The lowest BCUT2D eigenvalue weighted by Crippen LogP contribution is -1.98. The summed E-state index contributed by atoms with van der Waals surface area (Å²) in [4.78, 5) is 12.0. The van der Waals surface area contributed by atoms with Crippen LogP contribution >= 0.6 is 11.3 Å². The van der Waals surface area contributed by atoms with E-state index in [1.807, 2.05) is 13.0 Å². The highest BCUT2D eigenvalue weighted by molar-refractivity contribution is 7.20. The van der Waals surface area contributed by atoms with Gasteiger partial charge in [-0.05, 0) is 13.0 Å². The molecule has 0 bridgehead atoms. The molecule has 0 saturated heterocycles. The number of nitrogens with zero attached hydrogens (tertiary/aromatic N) is 3. The van der Waals surface area contributed by atoms with Crippen molar-refractivity contribution in [3.8, 4) is 6.07 Å². The molecule has 0 unspecified atom stereocenters. The molecule has 0 atom stereocenters. The first-order valence-electron chi connectivity index (χ1n) is 4.70. The molecule has 2 aromatic heterocycles. The number of fused-ring (bicyclic) bond motifs is 1. The van der Waals surface area contributed by atoms with Crippen LogP contribution in [0.1, 0.15) is 21.8 Å². The monoisotopic (exact) mass is 235 g/mol. The van der Waals surface area contributed by atoms with Gasteiger partial charge in [0.15, 0.2) is 0 Å².